The van der Waals surface area contributed by atoms with Gasteiger partial charge in [-0.25, -0.2) is 0 Å². The van der Waals surface area contributed by atoms with E-state index < -0.39 is 5.91 Å². The van der Waals surface area contributed by atoms with Gasteiger partial charge < -0.3 is 10.2 Å². The maximum atomic E-state index is 12.5. The monoisotopic (exact) mass is 550 g/mol. The molecule has 2 aromatic carbocycles. The second-order valence-corrected chi connectivity index (χ2v) is 14.9. The lowest BCUT2D eigenvalue weighted by Gasteiger charge is -2.28. The molecule has 0 unspecified atom stereocenters. The maximum Gasteiger partial charge on any atom is 0.262 e. The molecule has 0 bridgehead atoms. The van der Waals surface area contributed by atoms with Crippen molar-refractivity contribution in [2.75, 3.05) is 0 Å². The quantitative estimate of drug-likeness (QED) is 0.236. The van der Waals surface area contributed by atoms with E-state index >= 15 is 0 Å². The Labute approximate surface area is 241 Å². The molecule has 0 radical (unpaired) electrons. The second-order valence-electron chi connectivity index (χ2n) is 14.9. The van der Waals surface area contributed by atoms with E-state index in [0.717, 1.165) is 33.4 Å². The van der Waals surface area contributed by atoms with Crippen LogP contribution in [0, 0.1) is 0 Å². The molecule has 0 saturated carbocycles. The van der Waals surface area contributed by atoms with Gasteiger partial charge in [-0.1, -0.05) is 95.2 Å². The van der Waals surface area contributed by atoms with Gasteiger partial charge in [-0.2, -0.15) is 0 Å². The predicted octanol–water partition coefficient (Wildman–Crippen LogP) is 7.08. The Morgan fingerprint density at radius 1 is 0.650 bits per heavy atom. The molecule has 2 rings (SSSR count). The minimum atomic E-state index is -0.453. The molecule has 0 heterocycles. The van der Waals surface area contributed by atoms with Crippen LogP contribution in [0.25, 0.3) is 6.08 Å². The Morgan fingerprint density at radius 3 is 1.40 bits per heavy atom. The summed E-state index contributed by atoms with van der Waals surface area (Å²) in [5.41, 5.74) is 8.99. The van der Waals surface area contributed by atoms with Crippen LogP contribution >= 0.6 is 0 Å². The first-order chi connectivity index (χ1) is 18.0. The van der Waals surface area contributed by atoms with Crippen molar-refractivity contribution in [3.8, 4) is 11.5 Å². The molecular formula is C34H50N2O4. The van der Waals surface area contributed by atoms with Crippen molar-refractivity contribution in [1.82, 2.24) is 10.9 Å². The molecule has 40 heavy (non-hydrogen) atoms. The number of carbonyl (C=O) groups excluding carboxylic acids is 2. The first-order valence-electron chi connectivity index (χ1n) is 14.0. The number of benzene rings is 2. The van der Waals surface area contributed by atoms with E-state index in [1.807, 2.05) is 65.8 Å². The fourth-order valence-electron chi connectivity index (χ4n) is 4.54. The number of aromatic hydroxyl groups is 2. The molecule has 6 heteroatoms. The second kappa shape index (κ2) is 11.7. The lowest BCUT2D eigenvalue weighted by molar-refractivity contribution is -0.126. The van der Waals surface area contributed by atoms with E-state index in [-0.39, 0.29) is 39.7 Å². The highest BCUT2D eigenvalue weighted by molar-refractivity contribution is 5.93. The number of rotatable bonds is 5. The first kappa shape index (κ1) is 32.9. The third-order valence-corrected chi connectivity index (χ3v) is 6.93. The molecular weight excluding hydrogens is 500 g/mol. The van der Waals surface area contributed by atoms with Crippen LogP contribution in [0.5, 0.6) is 11.5 Å². The maximum absolute atomic E-state index is 12.5. The van der Waals surface area contributed by atoms with Gasteiger partial charge in [0.25, 0.3) is 5.91 Å². The van der Waals surface area contributed by atoms with Gasteiger partial charge >= 0.3 is 0 Å². The number of hydrogen-bond donors (Lipinski definition) is 4. The van der Waals surface area contributed by atoms with Gasteiger partial charge in [0.1, 0.15) is 11.5 Å². The Hall–Kier alpha value is -3.28. The van der Waals surface area contributed by atoms with Crippen LogP contribution in [-0.2, 0) is 37.7 Å². The van der Waals surface area contributed by atoms with Crippen LogP contribution in [0.1, 0.15) is 123 Å². The summed E-state index contributed by atoms with van der Waals surface area (Å²) in [6.07, 6.45) is 3.72. The molecule has 2 amide bonds. The highest BCUT2D eigenvalue weighted by atomic mass is 16.3. The van der Waals surface area contributed by atoms with Gasteiger partial charge in [0.05, 0.1) is 0 Å². The van der Waals surface area contributed by atoms with Crippen LogP contribution in [0.15, 0.2) is 30.3 Å². The summed E-state index contributed by atoms with van der Waals surface area (Å²) >= 11 is 0. The molecule has 0 saturated heterocycles. The summed E-state index contributed by atoms with van der Waals surface area (Å²) in [6.45, 7) is 24.6. The van der Waals surface area contributed by atoms with Crippen molar-refractivity contribution in [1.29, 1.82) is 0 Å². The molecule has 0 aliphatic heterocycles. The minimum absolute atomic E-state index is 0.184. The van der Waals surface area contributed by atoms with Crippen molar-refractivity contribution < 1.29 is 19.8 Å². The molecule has 0 aromatic heterocycles. The summed E-state index contributed by atoms with van der Waals surface area (Å²) in [5.74, 6) is -0.165. The van der Waals surface area contributed by atoms with Gasteiger partial charge in [-0.15, -0.1) is 0 Å². The number of hydrogen-bond acceptors (Lipinski definition) is 4. The van der Waals surface area contributed by atoms with E-state index in [0.29, 0.717) is 12.2 Å². The molecule has 0 spiro atoms. The van der Waals surface area contributed by atoms with Gasteiger partial charge in [0.2, 0.25) is 5.91 Å². The van der Waals surface area contributed by atoms with E-state index in [2.05, 4.69) is 52.4 Å². The third kappa shape index (κ3) is 8.61. The van der Waals surface area contributed by atoms with E-state index in [1.54, 1.807) is 6.08 Å². The number of phenolic OH excluding ortho intramolecular Hbond substituents is 2. The van der Waals surface area contributed by atoms with Crippen molar-refractivity contribution in [3.63, 3.8) is 0 Å². The molecule has 0 atom stereocenters. The van der Waals surface area contributed by atoms with Crippen LogP contribution in [0.3, 0.4) is 0 Å². The van der Waals surface area contributed by atoms with E-state index in [4.69, 9.17) is 0 Å². The first-order valence-corrected chi connectivity index (χ1v) is 14.0. The van der Waals surface area contributed by atoms with Gasteiger partial charge in [-0.05, 0) is 68.5 Å². The van der Waals surface area contributed by atoms with Crippen molar-refractivity contribution >= 4 is 17.9 Å². The summed E-state index contributed by atoms with van der Waals surface area (Å²) < 4.78 is 0. The summed E-state index contributed by atoms with van der Waals surface area (Å²) in [6, 6.07) is 7.72. The number of carbonyl (C=O) groups is 2. The molecule has 0 aliphatic carbocycles. The molecule has 6 nitrogen and oxygen atoms in total. The Kier molecular flexibility index (Phi) is 9.61. The highest BCUT2D eigenvalue weighted by Crippen LogP contribution is 2.41. The van der Waals surface area contributed by atoms with Gasteiger partial charge in [-0.3, -0.25) is 20.4 Å². The molecule has 4 N–H and O–H groups in total. The molecule has 0 fully saturated rings. The SMILES string of the molecule is CC(C)(C)c1cc(C=CC(=O)NNC(=O)CCc2cc(C(C)(C)C)c(O)c(C(C)(C)C)c2)cc(C(C)(C)C)c1O. The Morgan fingerprint density at radius 2 is 1.02 bits per heavy atom. The van der Waals surface area contributed by atoms with E-state index in [9.17, 15) is 19.8 Å². The fourth-order valence-corrected chi connectivity index (χ4v) is 4.54. The van der Waals surface area contributed by atoms with Crippen molar-refractivity contribution in [2.45, 2.75) is 118 Å². The zero-order chi connectivity index (χ0) is 30.8. The third-order valence-electron chi connectivity index (χ3n) is 6.93. The minimum Gasteiger partial charge on any atom is -0.507 e. The number of amides is 2. The average Bonchev–Trinajstić information content (AvgIpc) is 2.78. The standard InChI is InChI=1S/C34H50N2O4/c1-31(2,3)23-17-21(18-24(29(23)39)32(4,5)6)13-15-27(37)35-36-28(38)16-14-22-19-25(33(7,8)9)30(40)26(20-22)34(10,11)12/h13,15,17-20,39-40H,14,16H2,1-12H3,(H,35,37)(H,36,38). The summed E-state index contributed by atoms with van der Waals surface area (Å²) in [5, 5.41) is 21.8. The Bertz CT molecular complexity index is 1210. The molecule has 2 aromatic rings. The average molecular weight is 551 g/mol. The Balaban J connectivity index is 2.11. The number of nitrogens with one attached hydrogen (secondary N) is 2. The van der Waals surface area contributed by atoms with Gasteiger partial charge in [0, 0.05) is 23.6 Å². The summed E-state index contributed by atoms with van der Waals surface area (Å²) in [4.78, 5) is 25.0. The van der Waals surface area contributed by atoms with E-state index in [1.165, 1.54) is 6.08 Å². The predicted molar refractivity (Wildman–Crippen MR) is 165 cm³/mol. The van der Waals surface area contributed by atoms with Crippen LogP contribution in [0.2, 0.25) is 0 Å². The lowest BCUT2D eigenvalue weighted by atomic mass is 9.78. The zero-order valence-electron chi connectivity index (χ0n) is 26.6. The number of aryl methyl sites for hydroxylation is 1. The number of hydrazine groups is 1. The fraction of sp³-hybridized carbons (Fsp3) is 0.529. The lowest BCUT2D eigenvalue weighted by Crippen LogP contribution is -2.40. The molecule has 220 valence electrons. The van der Waals surface area contributed by atoms with Crippen molar-refractivity contribution in [3.05, 3.63) is 63.7 Å². The zero-order valence-corrected chi connectivity index (χ0v) is 26.6. The van der Waals surface area contributed by atoms with Gasteiger partial charge in [0.15, 0.2) is 0 Å². The molecule has 0 aliphatic rings. The highest BCUT2D eigenvalue weighted by Gasteiger charge is 2.27. The van der Waals surface area contributed by atoms with Crippen LogP contribution in [0.4, 0.5) is 0 Å². The normalized spacial score (nSPS) is 13.0. The largest absolute Gasteiger partial charge is 0.507 e. The topological polar surface area (TPSA) is 98.7 Å². The smallest absolute Gasteiger partial charge is 0.262 e. The number of phenols is 2. The van der Waals surface area contributed by atoms with Crippen LogP contribution in [-0.4, -0.2) is 22.0 Å². The van der Waals surface area contributed by atoms with Crippen LogP contribution < -0.4 is 10.9 Å². The van der Waals surface area contributed by atoms with Crippen molar-refractivity contribution in [2.24, 2.45) is 0 Å². The summed E-state index contributed by atoms with van der Waals surface area (Å²) in [7, 11) is 0.